The molecule has 0 bridgehead atoms. The number of aliphatic hydroxyl groups is 1. The first-order valence-electron chi connectivity index (χ1n) is 8.19. The van der Waals surface area contributed by atoms with E-state index >= 15 is 0 Å². The van der Waals surface area contributed by atoms with E-state index < -0.39 is 12.4 Å². The molecule has 5 nitrogen and oxygen atoms in total. The SMILES string of the molecule is CC(NCC(O)COC1COc2ccccc2O1)c1ccccc1. The van der Waals surface area contributed by atoms with E-state index in [9.17, 15) is 5.11 Å². The Balaban J connectivity index is 1.39. The fraction of sp³-hybridized carbons (Fsp3) is 0.368. The molecule has 0 fully saturated rings. The molecular weight excluding hydrogens is 306 g/mol. The molecule has 1 heterocycles. The lowest BCUT2D eigenvalue weighted by atomic mass is 10.1. The van der Waals surface area contributed by atoms with Crippen molar-refractivity contribution in [2.24, 2.45) is 0 Å². The van der Waals surface area contributed by atoms with Gasteiger partial charge in [0.2, 0.25) is 6.29 Å². The Morgan fingerprint density at radius 1 is 1.12 bits per heavy atom. The Bertz CT molecular complexity index is 634. The highest BCUT2D eigenvalue weighted by molar-refractivity contribution is 5.40. The third kappa shape index (κ3) is 4.47. The van der Waals surface area contributed by atoms with E-state index in [-0.39, 0.29) is 12.6 Å². The molecule has 2 aromatic rings. The van der Waals surface area contributed by atoms with Crippen LogP contribution in [0, 0.1) is 0 Å². The van der Waals surface area contributed by atoms with Gasteiger partial charge in [-0.1, -0.05) is 42.5 Å². The summed E-state index contributed by atoms with van der Waals surface area (Å²) in [5.74, 6) is 1.38. The van der Waals surface area contributed by atoms with Crippen molar-refractivity contribution in [1.82, 2.24) is 5.32 Å². The van der Waals surface area contributed by atoms with Gasteiger partial charge in [0.05, 0.1) is 12.7 Å². The van der Waals surface area contributed by atoms with Crippen LogP contribution in [0.1, 0.15) is 18.5 Å². The molecule has 3 rings (SSSR count). The third-order valence-corrected chi connectivity index (χ3v) is 3.92. The summed E-state index contributed by atoms with van der Waals surface area (Å²) >= 11 is 0. The van der Waals surface area contributed by atoms with Gasteiger partial charge in [-0.3, -0.25) is 0 Å². The van der Waals surface area contributed by atoms with E-state index in [1.54, 1.807) is 0 Å². The largest absolute Gasteiger partial charge is 0.483 e. The molecule has 1 aliphatic heterocycles. The average Bonchev–Trinajstić information content (AvgIpc) is 2.65. The van der Waals surface area contributed by atoms with Gasteiger partial charge in [-0.25, -0.2) is 0 Å². The summed E-state index contributed by atoms with van der Waals surface area (Å²) in [7, 11) is 0. The minimum Gasteiger partial charge on any atom is -0.483 e. The van der Waals surface area contributed by atoms with E-state index in [1.165, 1.54) is 5.56 Å². The Hall–Kier alpha value is -2.08. The Morgan fingerprint density at radius 2 is 1.83 bits per heavy atom. The lowest BCUT2D eigenvalue weighted by Crippen LogP contribution is -2.37. The molecule has 0 spiro atoms. The van der Waals surface area contributed by atoms with Crippen molar-refractivity contribution >= 4 is 0 Å². The fourth-order valence-corrected chi connectivity index (χ4v) is 2.53. The summed E-state index contributed by atoms with van der Waals surface area (Å²) in [6, 6.07) is 17.8. The van der Waals surface area contributed by atoms with E-state index in [0.717, 1.165) is 5.75 Å². The van der Waals surface area contributed by atoms with Crippen molar-refractivity contribution < 1.29 is 19.3 Å². The second kappa shape index (κ2) is 8.15. The van der Waals surface area contributed by atoms with Crippen LogP contribution in [0.5, 0.6) is 11.5 Å². The van der Waals surface area contributed by atoms with Gasteiger partial charge in [0.25, 0.3) is 0 Å². The fourth-order valence-electron chi connectivity index (χ4n) is 2.53. The maximum Gasteiger partial charge on any atom is 0.234 e. The van der Waals surface area contributed by atoms with Crippen LogP contribution in [0.25, 0.3) is 0 Å². The standard InChI is InChI=1S/C19H23NO4/c1-14(15-7-3-2-4-8-15)20-11-16(21)12-23-19-13-22-17-9-5-6-10-18(17)24-19/h2-10,14,16,19-21H,11-13H2,1H3. The predicted octanol–water partition coefficient (Wildman–Crippen LogP) is 2.51. The molecule has 5 heteroatoms. The quantitative estimate of drug-likeness (QED) is 0.817. The molecule has 0 saturated carbocycles. The van der Waals surface area contributed by atoms with E-state index in [0.29, 0.717) is 18.9 Å². The van der Waals surface area contributed by atoms with Crippen molar-refractivity contribution in [2.45, 2.75) is 25.4 Å². The number of ether oxygens (including phenoxy) is 3. The number of para-hydroxylation sites is 2. The molecule has 0 aromatic heterocycles. The lowest BCUT2D eigenvalue weighted by molar-refractivity contribution is -0.133. The molecular formula is C19H23NO4. The van der Waals surface area contributed by atoms with Gasteiger partial charge in [0.15, 0.2) is 18.1 Å². The molecule has 2 aromatic carbocycles. The zero-order chi connectivity index (χ0) is 16.8. The van der Waals surface area contributed by atoms with Gasteiger partial charge in [-0.2, -0.15) is 0 Å². The highest BCUT2D eigenvalue weighted by Crippen LogP contribution is 2.31. The Kier molecular flexibility index (Phi) is 5.69. The van der Waals surface area contributed by atoms with Crippen LogP contribution in [0.15, 0.2) is 54.6 Å². The summed E-state index contributed by atoms with van der Waals surface area (Å²) in [6.07, 6.45) is -1.11. The predicted molar refractivity (Wildman–Crippen MR) is 91.2 cm³/mol. The zero-order valence-electron chi connectivity index (χ0n) is 13.7. The van der Waals surface area contributed by atoms with Gasteiger partial charge in [0.1, 0.15) is 0 Å². The van der Waals surface area contributed by atoms with Gasteiger partial charge in [-0.05, 0) is 24.6 Å². The highest BCUT2D eigenvalue weighted by atomic mass is 16.7. The molecule has 3 unspecified atom stereocenters. The molecule has 24 heavy (non-hydrogen) atoms. The van der Waals surface area contributed by atoms with Gasteiger partial charge in [-0.15, -0.1) is 0 Å². The van der Waals surface area contributed by atoms with Crippen molar-refractivity contribution in [3.05, 3.63) is 60.2 Å². The lowest BCUT2D eigenvalue weighted by Gasteiger charge is -2.27. The molecule has 0 saturated heterocycles. The number of rotatable bonds is 7. The normalized spacial score (nSPS) is 18.8. The van der Waals surface area contributed by atoms with E-state index in [2.05, 4.69) is 24.4 Å². The summed E-state index contributed by atoms with van der Waals surface area (Å²) < 4.78 is 16.9. The maximum absolute atomic E-state index is 10.1. The number of fused-ring (bicyclic) bond motifs is 1. The summed E-state index contributed by atoms with van der Waals surface area (Å²) in [5.41, 5.74) is 1.19. The van der Waals surface area contributed by atoms with Crippen molar-refractivity contribution in [2.75, 3.05) is 19.8 Å². The summed E-state index contributed by atoms with van der Waals surface area (Å²) in [6.45, 7) is 3.01. The molecule has 128 valence electrons. The van der Waals surface area contributed by atoms with Crippen LogP contribution < -0.4 is 14.8 Å². The molecule has 0 aliphatic carbocycles. The Labute approximate surface area is 142 Å². The second-order valence-corrected chi connectivity index (χ2v) is 5.83. The number of aliphatic hydroxyl groups excluding tert-OH is 1. The van der Waals surface area contributed by atoms with Crippen LogP contribution in [-0.4, -0.2) is 37.3 Å². The number of hydrogen-bond acceptors (Lipinski definition) is 5. The maximum atomic E-state index is 10.1. The van der Waals surface area contributed by atoms with Gasteiger partial charge < -0.3 is 24.6 Å². The highest BCUT2D eigenvalue weighted by Gasteiger charge is 2.22. The Morgan fingerprint density at radius 3 is 2.62 bits per heavy atom. The van der Waals surface area contributed by atoms with Gasteiger partial charge in [0, 0.05) is 12.6 Å². The van der Waals surface area contributed by atoms with Crippen molar-refractivity contribution in [3.63, 3.8) is 0 Å². The first-order chi connectivity index (χ1) is 11.7. The summed E-state index contributed by atoms with van der Waals surface area (Å²) in [5, 5.41) is 13.4. The monoisotopic (exact) mass is 329 g/mol. The molecule has 0 radical (unpaired) electrons. The first-order valence-corrected chi connectivity index (χ1v) is 8.19. The van der Waals surface area contributed by atoms with Crippen LogP contribution >= 0.6 is 0 Å². The number of benzene rings is 2. The minimum absolute atomic E-state index is 0.169. The summed E-state index contributed by atoms with van der Waals surface area (Å²) in [4.78, 5) is 0. The molecule has 1 aliphatic rings. The van der Waals surface area contributed by atoms with E-state index in [4.69, 9.17) is 14.2 Å². The topological polar surface area (TPSA) is 60.0 Å². The minimum atomic E-state index is -0.614. The van der Waals surface area contributed by atoms with E-state index in [1.807, 2.05) is 42.5 Å². The number of hydrogen-bond donors (Lipinski definition) is 2. The van der Waals surface area contributed by atoms with Crippen molar-refractivity contribution in [1.29, 1.82) is 0 Å². The molecule has 2 N–H and O–H groups in total. The van der Waals surface area contributed by atoms with Gasteiger partial charge >= 0.3 is 0 Å². The van der Waals surface area contributed by atoms with Crippen LogP contribution in [-0.2, 0) is 4.74 Å². The average molecular weight is 329 g/mol. The second-order valence-electron chi connectivity index (χ2n) is 5.83. The molecule has 0 amide bonds. The van der Waals surface area contributed by atoms with Crippen LogP contribution in [0.4, 0.5) is 0 Å². The van der Waals surface area contributed by atoms with Crippen LogP contribution in [0.3, 0.4) is 0 Å². The van der Waals surface area contributed by atoms with Crippen molar-refractivity contribution in [3.8, 4) is 11.5 Å². The smallest absolute Gasteiger partial charge is 0.234 e. The van der Waals surface area contributed by atoms with Crippen LogP contribution in [0.2, 0.25) is 0 Å². The zero-order valence-corrected chi connectivity index (χ0v) is 13.7. The third-order valence-electron chi connectivity index (χ3n) is 3.92. The molecule has 3 atom stereocenters. The number of nitrogens with one attached hydrogen (secondary N) is 1. The first kappa shape index (κ1) is 16.8.